The second-order valence-corrected chi connectivity index (χ2v) is 2.75. The molecule has 0 spiro atoms. The number of carbonyl (C=O) groups excluding carboxylic acids is 1. The summed E-state index contributed by atoms with van der Waals surface area (Å²) < 4.78 is 0. The van der Waals surface area contributed by atoms with Gasteiger partial charge < -0.3 is 5.73 Å². The highest BCUT2D eigenvalue weighted by atomic mass is 16.2. The first kappa shape index (κ1) is 8.43. The fraction of sp³-hybridized carbons (Fsp3) is 0. The van der Waals surface area contributed by atoms with Crippen LogP contribution in [0.2, 0.25) is 0 Å². The molecule has 0 aliphatic heterocycles. The summed E-state index contributed by atoms with van der Waals surface area (Å²) >= 11 is 0. The van der Waals surface area contributed by atoms with E-state index in [0.717, 1.165) is 10.9 Å². The molecule has 0 saturated carbocycles. The number of nitrogens with two attached hydrogens (primary N) is 1. The van der Waals surface area contributed by atoms with Gasteiger partial charge in [0.15, 0.2) is 0 Å². The molecule has 5 nitrogen and oxygen atoms in total. The topological polar surface area (TPSA) is 80.9 Å². The predicted octanol–water partition coefficient (Wildman–Crippen LogP) is 1.12. The number of pyridine rings is 2. The summed E-state index contributed by atoms with van der Waals surface area (Å²) in [6, 6.07) is 4.64. The van der Waals surface area contributed by atoms with Crippen molar-refractivity contribution in [3.63, 3.8) is 0 Å². The van der Waals surface area contributed by atoms with Crippen molar-refractivity contribution in [1.29, 1.82) is 0 Å². The number of hydrogen-bond acceptors (Lipinski definition) is 3. The lowest BCUT2D eigenvalue weighted by Crippen LogP contribution is -2.19. The molecule has 0 bridgehead atoms. The zero-order chi connectivity index (χ0) is 9.97. The van der Waals surface area contributed by atoms with E-state index in [1.807, 2.05) is 6.07 Å². The van der Waals surface area contributed by atoms with E-state index in [-0.39, 0.29) is 0 Å². The minimum Gasteiger partial charge on any atom is -0.351 e. The fourth-order valence-electron chi connectivity index (χ4n) is 1.16. The van der Waals surface area contributed by atoms with Crippen LogP contribution in [0.1, 0.15) is 0 Å². The molecule has 2 amide bonds. The van der Waals surface area contributed by atoms with Crippen molar-refractivity contribution in [2.24, 2.45) is 5.73 Å². The maximum atomic E-state index is 10.6. The van der Waals surface area contributed by atoms with Crippen LogP contribution in [0, 0.1) is 0 Å². The number of anilines is 1. The molecule has 14 heavy (non-hydrogen) atoms. The first-order valence-corrected chi connectivity index (χ1v) is 4.03. The Balaban J connectivity index is 2.46. The molecule has 0 aliphatic rings. The molecule has 0 atom stereocenters. The zero-order valence-electron chi connectivity index (χ0n) is 7.27. The average molecular weight is 188 g/mol. The molecule has 0 unspecified atom stereocenters. The molecule has 0 aromatic carbocycles. The molecule has 0 radical (unpaired) electrons. The highest BCUT2D eigenvalue weighted by molar-refractivity contribution is 5.88. The molecule has 2 aromatic rings. The van der Waals surface area contributed by atoms with Gasteiger partial charge in [-0.05, 0) is 18.2 Å². The summed E-state index contributed by atoms with van der Waals surface area (Å²) in [4.78, 5) is 18.7. The van der Waals surface area contributed by atoms with Gasteiger partial charge in [-0.2, -0.15) is 0 Å². The standard InChI is InChI=1S/C9H8N4O/c10-9(14)13-8-2-1-6-5-11-4-3-7(6)12-8/h1-5H,(H3,10,12,13,14). The molecular weight excluding hydrogens is 180 g/mol. The summed E-state index contributed by atoms with van der Waals surface area (Å²) in [6.07, 6.45) is 3.35. The molecule has 2 aromatic heterocycles. The molecule has 70 valence electrons. The van der Waals surface area contributed by atoms with E-state index >= 15 is 0 Å². The minimum absolute atomic E-state index is 0.441. The van der Waals surface area contributed by atoms with Gasteiger partial charge in [0, 0.05) is 17.8 Å². The van der Waals surface area contributed by atoms with Crippen LogP contribution in [0.25, 0.3) is 10.9 Å². The van der Waals surface area contributed by atoms with Crippen LogP contribution < -0.4 is 11.1 Å². The lowest BCUT2D eigenvalue weighted by Gasteiger charge is -2.01. The maximum absolute atomic E-state index is 10.6. The molecule has 0 saturated heterocycles. The highest BCUT2D eigenvalue weighted by Gasteiger charge is 1.99. The van der Waals surface area contributed by atoms with Crippen LogP contribution in [0.3, 0.4) is 0 Å². The van der Waals surface area contributed by atoms with Crippen LogP contribution in [-0.2, 0) is 0 Å². The third-order valence-electron chi connectivity index (χ3n) is 1.74. The Morgan fingerprint density at radius 1 is 1.36 bits per heavy atom. The zero-order valence-corrected chi connectivity index (χ0v) is 7.27. The molecule has 0 fully saturated rings. The fourth-order valence-corrected chi connectivity index (χ4v) is 1.16. The van der Waals surface area contributed by atoms with E-state index in [4.69, 9.17) is 5.73 Å². The van der Waals surface area contributed by atoms with E-state index in [0.29, 0.717) is 5.82 Å². The molecule has 0 aliphatic carbocycles. The van der Waals surface area contributed by atoms with E-state index in [9.17, 15) is 4.79 Å². The quantitative estimate of drug-likeness (QED) is 0.703. The number of carbonyl (C=O) groups is 1. The number of rotatable bonds is 1. The second-order valence-electron chi connectivity index (χ2n) is 2.75. The molecular formula is C9H8N4O. The Hall–Kier alpha value is -2.17. The van der Waals surface area contributed by atoms with E-state index in [1.165, 1.54) is 0 Å². The number of fused-ring (bicyclic) bond motifs is 1. The normalized spacial score (nSPS) is 10.0. The van der Waals surface area contributed by atoms with Crippen molar-refractivity contribution >= 4 is 22.8 Å². The van der Waals surface area contributed by atoms with Gasteiger partial charge in [-0.1, -0.05) is 0 Å². The summed E-state index contributed by atoms with van der Waals surface area (Å²) in [7, 11) is 0. The van der Waals surface area contributed by atoms with Crippen LogP contribution in [-0.4, -0.2) is 16.0 Å². The van der Waals surface area contributed by atoms with Crippen molar-refractivity contribution in [2.45, 2.75) is 0 Å². The van der Waals surface area contributed by atoms with Gasteiger partial charge >= 0.3 is 6.03 Å². The number of aromatic nitrogens is 2. The van der Waals surface area contributed by atoms with Crippen LogP contribution in [0.4, 0.5) is 10.6 Å². The maximum Gasteiger partial charge on any atom is 0.317 e. The van der Waals surface area contributed by atoms with E-state index < -0.39 is 6.03 Å². The lowest BCUT2D eigenvalue weighted by atomic mass is 10.3. The van der Waals surface area contributed by atoms with Crippen molar-refractivity contribution in [3.05, 3.63) is 30.6 Å². The number of amides is 2. The Bertz CT molecular complexity index is 483. The third kappa shape index (κ3) is 1.61. The summed E-state index contributed by atoms with van der Waals surface area (Å²) in [5.74, 6) is 0.441. The van der Waals surface area contributed by atoms with Gasteiger partial charge in [0.05, 0.1) is 5.52 Å². The SMILES string of the molecule is NC(=O)Nc1ccc2cnccc2n1. The number of urea groups is 1. The van der Waals surface area contributed by atoms with Gasteiger partial charge in [-0.15, -0.1) is 0 Å². The van der Waals surface area contributed by atoms with E-state index in [1.54, 1.807) is 24.5 Å². The van der Waals surface area contributed by atoms with Gasteiger partial charge in [-0.25, -0.2) is 9.78 Å². The van der Waals surface area contributed by atoms with Gasteiger partial charge in [0.25, 0.3) is 0 Å². The largest absolute Gasteiger partial charge is 0.351 e. The summed E-state index contributed by atoms with van der Waals surface area (Å²) in [5, 5.41) is 3.32. The van der Waals surface area contributed by atoms with Gasteiger partial charge in [0.2, 0.25) is 0 Å². The lowest BCUT2D eigenvalue weighted by molar-refractivity contribution is 0.259. The monoisotopic (exact) mass is 188 g/mol. The van der Waals surface area contributed by atoms with Crippen molar-refractivity contribution in [1.82, 2.24) is 9.97 Å². The smallest absolute Gasteiger partial charge is 0.317 e. The molecule has 2 rings (SSSR count). The number of hydrogen-bond donors (Lipinski definition) is 2. The van der Waals surface area contributed by atoms with Gasteiger partial charge in [-0.3, -0.25) is 10.3 Å². The minimum atomic E-state index is -0.620. The highest BCUT2D eigenvalue weighted by Crippen LogP contribution is 2.12. The molecule has 3 N–H and O–H groups in total. The second kappa shape index (κ2) is 3.29. The van der Waals surface area contributed by atoms with Crippen molar-refractivity contribution in [2.75, 3.05) is 5.32 Å². The molecule has 5 heteroatoms. The number of nitrogens with one attached hydrogen (secondary N) is 1. The van der Waals surface area contributed by atoms with Crippen molar-refractivity contribution in [3.8, 4) is 0 Å². The number of nitrogens with zero attached hydrogens (tertiary/aromatic N) is 2. The average Bonchev–Trinajstić information content (AvgIpc) is 2.17. The Kier molecular flexibility index (Phi) is 1.98. The first-order chi connectivity index (χ1) is 6.75. The Morgan fingerprint density at radius 2 is 2.21 bits per heavy atom. The van der Waals surface area contributed by atoms with E-state index in [2.05, 4.69) is 15.3 Å². The van der Waals surface area contributed by atoms with Crippen LogP contribution >= 0.6 is 0 Å². The summed E-state index contributed by atoms with van der Waals surface area (Å²) in [5.41, 5.74) is 5.74. The Labute approximate surface area is 80.0 Å². The van der Waals surface area contributed by atoms with Crippen LogP contribution in [0.15, 0.2) is 30.6 Å². The Morgan fingerprint density at radius 3 is 3.00 bits per heavy atom. The molecule has 2 heterocycles. The van der Waals surface area contributed by atoms with Crippen molar-refractivity contribution < 1.29 is 4.79 Å². The third-order valence-corrected chi connectivity index (χ3v) is 1.74. The number of primary amides is 1. The van der Waals surface area contributed by atoms with Gasteiger partial charge in [0.1, 0.15) is 5.82 Å². The summed E-state index contributed by atoms with van der Waals surface area (Å²) in [6.45, 7) is 0. The predicted molar refractivity (Wildman–Crippen MR) is 52.7 cm³/mol. The van der Waals surface area contributed by atoms with Crippen LogP contribution in [0.5, 0.6) is 0 Å². The first-order valence-electron chi connectivity index (χ1n) is 4.03.